The maximum Gasteiger partial charge on any atom is 0.233 e. The predicted molar refractivity (Wildman–Crippen MR) is 95.1 cm³/mol. The van der Waals surface area contributed by atoms with E-state index in [2.05, 4.69) is 23.6 Å². The minimum absolute atomic E-state index is 0. The average molecular weight is 345 g/mol. The van der Waals surface area contributed by atoms with Gasteiger partial charge < -0.3 is 15.4 Å². The number of hydrogen-bond acceptors (Lipinski definition) is 4. The molecule has 0 spiro atoms. The van der Waals surface area contributed by atoms with Crippen LogP contribution >= 0.6 is 24.2 Å². The molecule has 1 fully saturated rings. The number of halogens is 1. The predicted octanol–water partition coefficient (Wildman–Crippen LogP) is 3.18. The lowest BCUT2D eigenvalue weighted by Gasteiger charge is -2.35. The first kappa shape index (κ1) is 19.3. The molecule has 0 atom stereocenters. The molecule has 1 aliphatic heterocycles. The van der Waals surface area contributed by atoms with Crippen LogP contribution in [0.4, 0.5) is 5.69 Å². The smallest absolute Gasteiger partial charge is 0.233 e. The average Bonchev–Trinajstić information content (AvgIpc) is 2.49. The van der Waals surface area contributed by atoms with Gasteiger partial charge in [-0.2, -0.15) is 0 Å². The normalized spacial score (nSPS) is 16.6. The number of ether oxygens (including phenoxy) is 1. The molecular formula is C16H25ClN2O2S. The number of carbonyl (C=O) groups excluding carboxylic acids is 1. The van der Waals surface area contributed by atoms with Crippen LogP contribution in [0.1, 0.15) is 19.8 Å². The third-order valence-electron chi connectivity index (χ3n) is 3.87. The highest BCUT2D eigenvalue weighted by molar-refractivity contribution is 7.99. The van der Waals surface area contributed by atoms with Crippen molar-refractivity contribution >= 4 is 35.8 Å². The number of nitrogens with one attached hydrogen (secondary N) is 2. The molecular weight excluding hydrogens is 320 g/mol. The monoisotopic (exact) mass is 344 g/mol. The van der Waals surface area contributed by atoms with Crippen molar-refractivity contribution in [3.8, 4) is 0 Å². The highest BCUT2D eigenvalue weighted by Crippen LogP contribution is 2.31. The summed E-state index contributed by atoms with van der Waals surface area (Å²) in [5.74, 6) is 1.10. The Bertz CT molecular complexity index is 473. The molecule has 2 N–H and O–H groups in total. The summed E-state index contributed by atoms with van der Waals surface area (Å²) in [7, 11) is 1.66. The van der Waals surface area contributed by atoms with E-state index in [4.69, 9.17) is 4.74 Å². The Labute approximate surface area is 143 Å². The van der Waals surface area contributed by atoms with Crippen molar-refractivity contribution in [1.29, 1.82) is 0 Å². The highest BCUT2D eigenvalue weighted by Gasteiger charge is 2.39. The molecule has 0 saturated carbocycles. The summed E-state index contributed by atoms with van der Waals surface area (Å²) in [6.07, 6.45) is 1.63. The zero-order chi connectivity index (χ0) is 15.1. The van der Waals surface area contributed by atoms with Crippen LogP contribution in [0.15, 0.2) is 29.2 Å². The van der Waals surface area contributed by atoms with Crippen LogP contribution in [0, 0.1) is 5.41 Å². The van der Waals surface area contributed by atoms with Crippen molar-refractivity contribution in [3.05, 3.63) is 24.3 Å². The molecule has 1 aromatic rings. The molecule has 0 bridgehead atoms. The summed E-state index contributed by atoms with van der Waals surface area (Å²) in [6.45, 7) is 4.33. The van der Waals surface area contributed by atoms with Gasteiger partial charge in [0.25, 0.3) is 0 Å². The lowest BCUT2D eigenvalue weighted by atomic mass is 9.78. The highest BCUT2D eigenvalue weighted by atomic mass is 35.5. The topological polar surface area (TPSA) is 50.4 Å². The van der Waals surface area contributed by atoms with E-state index in [1.807, 2.05) is 18.2 Å². The second-order valence-corrected chi connectivity index (χ2v) is 6.72. The molecule has 6 heteroatoms. The number of carbonyl (C=O) groups is 1. The third kappa shape index (κ3) is 4.88. The maximum absolute atomic E-state index is 12.7. The summed E-state index contributed by atoms with van der Waals surface area (Å²) in [4.78, 5) is 13.9. The molecule has 1 aromatic carbocycles. The van der Waals surface area contributed by atoms with Gasteiger partial charge in [0.1, 0.15) is 0 Å². The van der Waals surface area contributed by atoms with Crippen LogP contribution < -0.4 is 10.6 Å². The number of piperidine rings is 1. The van der Waals surface area contributed by atoms with Gasteiger partial charge in [-0.1, -0.05) is 13.0 Å². The summed E-state index contributed by atoms with van der Waals surface area (Å²) in [5.41, 5.74) is 0.459. The van der Waals surface area contributed by atoms with Crippen LogP contribution in [-0.4, -0.2) is 38.5 Å². The van der Waals surface area contributed by atoms with E-state index in [9.17, 15) is 4.79 Å². The van der Waals surface area contributed by atoms with Crippen molar-refractivity contribution in [2.75, 3.05) is 37.9 Å². The van der Waals surface area contributed by atoms with Gasteiger partial charge in [0, 0.05) is 17.7 Å². The van der Waals surface area contributed by atoms with Crippen LogP contribution in [0.2, 0.25) is 0 Å². The molecule has 4 nitrogen and oxygen atoms in total. The van der Waals surface area contributed by atoms with Crippen molar-refractivity contribution < 1.29 is 9.53 Å². The van der Waals surface area contributed by atoms with Crippen LogP contribution in [0.5, 0.6) is 0 Å². The molecule has 1 heterocycles. The van der Waals surface area contributed by atoms with Gasteiger partial charge in [0.2, 0.25) is 5.91 Å². The zero-order valence-corrected chi connectivity index (χ0v) is 14.8. The van der Waals surface area contributed by atoms with E-state index < -0.39 is 5.41 Å². The van der Waals surface area contributed by atoms with Gasteiger partial charge in [-0.05, 0) is 49.9 Å². The standard InChI is InChI=1S/C16H24N2O2S.ClH/c1-3-21-14-6-4-5-13(11-14)18-15(19)16(12-20-2)7-9-17-10-8-16;/h4-6,11,17H,3,7-10,12H2,1-2H3,(H,18,19);1H. The fourth-order valence-electron chi connectivity index (χ4n) is 2.71. The van der Waals surface area contributed by atoms with Gasteiger partial charge in [-0.15, -0.1) is 24.2 Å². The number of methoxy groups -OCH3 is 1. The van der Waals surface area contributed by atoms with Crippen LogP contribution in [0.3, 0.4) is 0 Å². The lowest BCUT2D eigenvalue weighted by molar-refractivity contribution is -0.130. The van der Waals surface area contributed by atoms with Crippen LogP contribution in [-0.2, 0) is 9.53 Å². The van der Waals surface area contributed by atoms with E-state index in [1.165, 1.54) is 4.90 Å². The van der Waals surface area contributed by atoms with Gasteiger partial charge in [0.15, 0.2) is 0 Å². The molecule has 1 amide bonds. The van der Waals surface area contributed by atoms with E-state index in [-0.39, 0.29) is 18.3 Å². The number of hydrogen-bond donors (Lipinski definition) is 2. The van der Waals surface area contributed by atoms with E-state index in [0.717, 1.165) is 37.4 Å². The maximum atomic E-state index is 12.7. The van der Waals surface area contributed by atoms with Gasteiger partial charge in [-0.3, -0.25) is 4.79 Å². The van der Waals surface area contributed by atoms with Gasteiger partial charge >= 0.3 is 0 Å². The van der Waals surface area contributed by atoms with E-state index in [1.54, 1.807) is 18.9 Å². The molecule has 0 unspecified atom stereocenters. The van der Waals surface area contributed by atoms with Gasteiger partial charge in [-0.25, -0.2) is 0 Å². The Morgan fingerprint density at radius 3 is 2.77 bits per heavy atom. The quantitative estimate of drug-likeness (QED) is 0.778. The van der Waals surface area contributed by atoms with Crippen molar-refractivity contribution in [3.63, 3.8) is 0 Å². The molecule has 0 aromatic heterocycles. The minimum atomic E-state index is -0.409. The largest absolute Gasteiger partial charge is 0.384 e. The molecule has 2 rings (SSSR count). The fourth-order valence-corrected chi connectivity index (χ4v) is 3.43. The molecule has 124 valence electrons. The number of thioether (sulfide) groups is 1. The first-order chi connectivity index (χ1) is 10.2. The van der Waals surface area contributed by atoms with Gasteiger partial charge in [0.05, 0.1) is 12.0 Å². The summed E-state index contributed by atoms with van der Waals surface area (Å²) < 4.78 is 5.31. The Hall–Kier alpha value is -0.750. The minimum Gasteiger partial charge on any atom is -0.384 e. The Morgan fingerprint density at radius 2 is 2.14 bits per heavy atom. The first-order valence-electron chi connectivity index (χ1n) is 7.44. The molecule has 22 heavy (non-hydrogen) atoms. The SMILES string of the molecule is CCSc1cccc(NC(=O)C2(COC)CCNCC2)c1.Cl. The van der Waals surface area contributed by atoms with Crippen molar-refractivity contribution in [1.82, 2.24) is 5.32 Å². The van der Waals surface area contributed by atoms with Crippen molar-refractivity contribution in [2.45, 2.75) is 24.7 Å². The second kappa shape index (κ2) is 9.40. The summed E-state index contributed by atoms with van der Waals surface area (Å²) in [5, 5.41) is 6.38. The third-order valence-corrected chi connectivity index (χ3v) is 4.74. The fraction of sp³-hybridized carbons (Fsp3) is 0.562. The summed E-state index contributed by atoms with van der Waals surface area (Å²) in [6, 6.07) is 8.03. The zero-order valence-electron chi connectivity index (χ0n) is 13.2. The Morgan fingerprint density at radius 1 is 1.41 bits per heavy atom. The van der Waals surface area contributed by atoms with E-state index >= 15 is 0 Å². The van der Waals surface area contributed by atoms with E-state index in [0.29, 0.717) is 6.61 Å². The molecule has 0 radical (unpaired) electrons. The van der Waals surface area contributed by atoms with Crippen molar-refractivity contribution in [2.24, 2.45) is 5.41 Å². The summed E-state index contributed by atoms with van der Waals surface area (Å²) >= 11 is 1.78. The Balaban J connectivity index is 0.00000242. The Kier molecular flexibility index (Phi) is 8.25. The first-order valence-corrected chi connectivity index (χ1v) is 8.43. The molecule has 0 aliphatic carbocycles. The number of anilines is 1. The molecule has 1 aliphatic rings. The second-order valence-electron chi connectivity index (χ2n) is 5.38. The number of amides is 1. The number of rotatable bonds is 6. The number of benzene rings is 1. The van der Waals surface area contributed by atoms with Crippen LogP contribution in [0.25, 0.3) is 0 Å². The lowest BCUT2D eigenvalue weighted by Crippen LogP contribution is -2.47. The molecule has 1 saturated heterocycles.